The Balaban J connectivity index is 1.67. The van der Waals surface area contributed by atoms with Crippen LogP contribution in [0.1, 0.15) is 80.3 Å². The van der Waals surface area contributed by atoms with Crippen molar-refractivity contribution in [1.82, 2.24) is 4.90 Å². The molecule has 1 aliphatic carbocycles. The fourth-order valence-corrected chi connectivity index (χ4v) is 5.39. The third-order valence-corrected chi connectivity index (χ3v) is 7.16. The van der Waals surface area contributed by atoms with Crippen LogP contribution in [0.5, 0.6) is 0 Å². The van der Waals surface area contributed by atoms with Crippen molar-refractivity contribution in [3.05, 3.63) is 70.9 Å². The SMILES string of the molecule is CCCCC1=CC2(CCCC2)C(=O)N1Cc1ccc(-c2ccccc2C(=O)O)c(COCC)c1. The Bertz CT molecular complexity index is 1080. The van der Waals surface area contributed by atoms with Crippen LogP contribution in [0.15, 0.2) is 54.2 Å². The zero-order valence-corrected chi connectivity index (χ0v) is 20.3. The molecule has 0 radical (unpaired) electrons. The number of nitrogens with zero attached hydrogens (tertiary/aromatic N) is 1. The van der Waals surface area contributed by atoms with E-state index < -0.39 is 5.97 Å². The van der Waals surface area contributed by atoms with Crippen LogP contribution in [-0.4, -0.2) is 28.5 Å². The van der Waals surface area contributed by atoms with E-state index in [1.54, 1.807) is 12.1 Å². The Kier molecular flexibility index (Phi) is 7.52. The second-order valence-electron chi connectivity index (χ2n) is 9.47. The number of benzene rings is 2. The van der Waals surface area contributed by atoms with Crippen molar-refractivity contribution in [2.24, 2.45) is 5.41 Å². The summed E-state index contributed by atoms with van der Waals surface area (Å²) in [6.07, 6.45) is 9.53. The standard InChI is InChI=1S/C29H35NO4/c1-3-5-10-23-18-29(15-8-9-16-29)28(33)30(23)19-21-13-14-24(22(17-21)20-34-4-2)25-11-6-7-12-26(25)27(31)32/h6-7,11-14,17-18H,3-5,8-10,15-16,19-20H2,1-2H3,(H,31,32). The molecule has 1 fully saturated rings. The van der Waals surface area contributed by atoms with Crippen LogP contribution in [0.3, 0.4) is 0 Å². The van der Waals surface area contributed by atoms with Gasteiger partial charge in [-0.2, -0.15) is 0 Å². The average molecular weight is 462 g/mol. The summed E-state index contributed by atoms with van der Waals surface area (Å²) in [7, 11) is 0. The zero-order valence-electron chi connectivity index (χ0n) is 20.3. The molecule has 4 rings (SSSR count). The number of aromatic carboxylic acids is 1. The molecule has 2 aliphatic rings. The van der Waals surface area contributed by atoms with Gasteiger partial charge in [-0.25, -0.2) is 4.79 Å². The summed E-state index contributed by atoms with van der Waals surface area (Å²) in [5, 5.41) is 9.69. The number of unbranched alkanes of at least 4 members (excludes halogenated alkanes) is 1. The van der Waals surface area contributed by atoms with E-state index in [-0.39, 0.29) is 16.9 Å². The lowest BCUT2D eigenvalue weighted by atomic mass is 9.86. The molecule has 1 N–H and O–H groups in total. The first-order chi connectivity index (χ1) is 16.5. The van der Waals surface area contributed by atoms with Gasteiger partial charge in [-0.15, -0.1) is 0 Å². The summed E-state index contributed by atoms with van der Waals surface area (Å²) in [6.45, 7) is 5.63. The van der Waals surface area contributed by atoms with Gasteiger partial charge in [-0.05, 0) is 67.0 Å². The molecule has 1 amide bonds. The van der Waals surface area contributed by atoms with Gasteiger partial charge in [0.15, 0.2) is 0 Å². The Morgan fingerprint density at radius 1 is 1.09 bits per heavy atom. The molecule has 0 unspecified atom stereocenters. The van der Waals surface area contributed by atoms with Crippen molar-refractivity contribution in [2.75, 3.05) is 6.61 Å². The van der Waals surface area contributed by atoms with Gasteiger partial charge in [0, 0.05) is 12.3 Å². The first kappa shape index (κ1) is 24.2. The van der Waals surface area contributed by atoms with E-state index >= 15 is 0 Å². The van der Waals surface area contributed by atoms with Crippen LogP contribution in [0.2, 0.25) is 0 Å². The molecule has 5 nitrogen and oxygen atoms in total. The van der Waals surface area contributed by atoms with Crippen molar-refractivity contribution in [2.45, 2.75) is 71.9 Å². The summed E-state index contributed by atoms with van der Waals surface area (Å²) >= 11 is 0. The van der Waals surface area contributed by atoms with Crippen LogP contribution in [0.25, 0.3) is 11.1 Å². The zero-order chi connectivity index (χ0) is 24.1. The Morgan fingerprint density at radius 2 is 1.85 bits per heavy atom. The highest BCUT2D eigenvalue weighted by Crippen LogP contribution is 2.47. The molecule has 0 aromatic heterocycles. The normalized spacial score (nSPS) is 16.9. The minimum Gasteiger partial charge on any atom is -0.478 e. The molecule has 0 atom stereocenters. The third kappa shape index (κ3) is 4.80. The lowest BCUT2D eigenvalue weighted by Gasteiger charge is -2.25. The topological polar surface area (TPSA) is 66.8 Å². The maximum atomic E-state index is 13.6. The minimum absolute atomic E-state index is 0.253. The minimum atomic E-state index is -0.947. The van der Waals surface area contributed by atoms with Gasteiger partial charge >= 0.3 is 5.97 Å². The molecule has 2 aromatic carbocycles. The van der Waals surface area contributed by atoms with Gasteiger partial charge in [-0.1, -0.05) is 62.6 Å². The monoisotopic (exact) mass is 461 g/mol. The molecular weight excluding hydrogens is 426 g/mol. The lowest BCUT2D eigenvalue weighted by Crippen LogP contribution is -2.34. The van der Waals surface area contributed by atoms with E-state index in [2.05, 4.69) is 19.1 Å². The molecule has 0 bridgehead atoms. The Morgan fingerprint density at radius 3 is 2.56 bits per heavy atom. The molecule has 2 aromatic rings. The van der Waals surface area contributed by atoms with Crippen molar-refractivity contribution >= 4 is 11.9 Å². The van der Waals surface area contributed by atoms with Gasteiger partial charge in [-0.3, -0.25) is 4.79 Å². The smallest absolute Gasteiger partial charge is 0.336 e. The predicted molar refractivity (Wildman–Crippen MR) is 133 cm³/mol. The lowest BCUT2D eigenvalue weighted by molar-refractivity contribution is -0.135. The molecule has 180 valence electrons. The number of rotatable bonds is 10. The molecule has 1 heterocycles. The maximum Gasteiger partial charge on any atom is 0.336 e. The number of ether oxygens (including phenoxy) is 1. The number of carboxylic acids is 1. The Hall–Kier alpha value is -2.92. The van der Waals surface area contributed by atoms with E-state index in [1.807, 2.05) is 36.1 Å². The molecule has 34 heavy (non-hydrogen) atoms. The number of hydrogen-bond donors (Lipinski definition) is 1. The summed E-state index contributed by atoms with van der Waals surface area (Å²) < 4.78 is 5.74. The first-order valence-corrected chi connectivity index (χ1v) is 12.5. The van der Waals surface area contributed by atoms with Gasteiger partial charge in [0.05, 0.1) is 24.1 Å². The van der Waals surface area contributed by atoms with Gasteiger partial charge in [0.1, 0.15) is 0 Å². The first-order valence-electron chi connectivity index (χ1n) is 12.5. The molecular formula is C29H35NO4. The number of carbonyl (C=O) groups is 2. The van der Waals surface area contributed by atoms with Crippen molar-refractivity contribution in [1.29, 1.82) is 0 Å². The van der Waals surface area contributed by atoms with E-state index in [1.165, 1.54) is 5.70 Å². The summed E-state index contributed by atoms with van der Waals surface area (Å²) in [4.78, 5) is 27.4. The Labute approximate surface area is 202 Å². The van der Waals surface area contributed by atoms with Crippen LogP contribution in [0.4, 0.5) is 0 Å². The largest absolute Gasteiger partial charge is 0.478 e. The van der Waals surface area contributed by atoms with E-state index in [4.69, 9.17) is 4.74 Å². The number of carbonyl (C=O) groups excluding carboxylic acids is 1. The number of allylic oxidation sites excluding steroid dienone is 1. The summed E-state index contributed by atoms with van der Waals surface area (Å²) in [5.41, 5.74) is 4.67. The van der Waals surface area contributed by atoms with E-state index in [0.717, 1.165) is 61.6 Å². The van der Waals surface area contributed by atoms with Crippen LogP contribution < -0.4 is 0 Å². The van der Waals surface area contributed by atoms with Crippen molar-refractivity contribution < 1.29 is 19.4 Å². The van der Waals surface area contributed by atoms with Gasteiger partial charge in [0.25, 0.3) is 0 Å². The van der Waals surface area contributed by atoms with Crippen molar-refractivity contribution in [3.63, 3.8) is 0 Å². The summed E-state index contributed by atoms with van der Waals surface area (Å²) in [6, 6.07) is 13.1. The highest BCUT2D eigenvalue weighted by Gasteiger charge is 2.47. The third-order valence-electron chi connectivity index (χ3n) is 7.16. The van der Waals surface area contributed by atoms with E-state index in [0.29, 0.717) is 25.3 Å². The molecule has 1 saturated carbocycles. The average Bonchev–Trinajstić information content (AvgIpc) is 3.42. The number of amides is 1. The second kappa shape index (κ2) is 10.6. The van der Waals surface area contributed by atoms with Gasteiger partial charge < -0.3 is 14.7 Å². The highest BCUT2D eigenvalue weighted by atomic mass is 16.5. The molecule has 1 spiro atoms. The molecule has 5 heteroatoms. The molecule has 1 aliphatic heterocycles. The highest BCUT2D eigenvalue weighted by molar-refractivity contribution is 5.96. The maximum absolute atomic E-state index is 13.6. The van der Waals surface area contributed by atoms with Crippen molar-refractivity contribution in [3.8, 4) is 11.1 Å². The number of hydrogen-bond acceptors (Lipinski definition) is 3. The van der Waals surface area contributed by atoms with Crippen LogP contribution in [0, 0.1) is 5.41 Å². The van der Waals surface area contributed by atoms with Gasteiger partial charge in [0.2, 0.25) is 5.91 Å². The molecule has 0 saturated heterocycles. The number of carboxylic acid groups (broad SMARTS) is 1. The second-order valence-corrected chi connectivity index (χ2v) is 9.47. The summed E-state index contributed by atoms with van der Waals surface area (Å²) in [5.74, 6) is -0.694. The quantitative estimate of drug-likeness (QED) is 0.435. The van der Waals surface area contributed by atoms with Crippen LogP contribution in [-0.2, 0) is 22.7 Å². The van der Waals surface area contributed by atoms with E-state index in [9.17, 15) is 14.7 Å². The fraction of sp³-hybridized carbons (Fsp3) is 0.448. The fourth-order valence-electron chi connectivity index (χ4n) is 5.39. The predicted octanol–water partition coefficient (Wildman–Crippen LogP) is 6.57. The van der Waals surface area contributed by atoms with Crippen LogP contribution >= 0.6 is 0 Å².